The van der Waals surface area contributed by atoms with Gasteiger partial charge in [-0.25, -0.2) is 4.68 Å². The van der Waals surface area contributed by atoms with Gasteiger partial charge in [0.1, 0.15) is 0 Å². The molecule has 27 heavy (non-hydrogen) atoms. The largest absolute Gasteiger partial charge is 0.326 e. The Hall–Kier alpha value is -3.41. The number of anilines is 2. The Bertz CT molecular complexity index is 898. The molecule has 0 radical (unpaired) electrons. The summed E-state index contributed by atoms with van der Waals surface area (Å²) in [6, 6.07) is 16.1. The van der Waals surface area contributed by atoms with Gasteiger partial charge in [-0.05, 0) is 60.5 Å². The first kappa shape index (κ1) is 18.4. The van der Waals surface area contributed by atoms with Crippen LogP contribution >= 0.6 is 0 Å². The normalized spacial score (nSPS) is 10.6. The molecule has 0 bridgehead atoms. The summed E-state index contributed by atoms with van der Waals surface area (Å²) >= 11 is 0. The van der Waals surface area contributed by atoms with Crippen LogP contribution in [-0.2, 0) is 4.79 Å². The molecular weight excluding hydrogens is 340 g/mol. The topological polar surface area (TPSA) is 76.0 Å². The predicted molar refractivity (Wildman–Crippen MR) is 106 cm³/mol. The number of rotatable bonds is 6. The Kier molecular flexibility index (Phi) is 5.66. The van der Waals surface area contributed by atoms with E-state index < -0.39 is 0 Å². The predicted octanol–water partition coefficient (Wildman–Crippen LogP) is 4.11. The molecular formula is C21H22N4O2. The van der Waals surface area contributed by atoms with E-state index in [0.29, 0.717) is 29.3 Å². The minimum absolute atomic E-state index is 0.0148. The van der Waals surface area contributed by atoms with Gasteiger partial charge in [-0.15, -0.1) is 0 Å². The molecule has 1 heterocycles. The van der Waals surface area contributed by atoms with Crippen LogP contribution in [0.3, 0.4) is 0 Å². The summed E-state index contributed by atoms with van der Waals surface area (Å²) < 4.78 is 1.73. The van der Waals surface area contributed by atoms with Crippen molar-refractivity contribution in [1.29, 1.82) is 0 Å². The lowest BCUT2D eigenvalue weighted by Gasteiger charge is -2.09. The van der Waals surface area contributed by atoms with Crippen molar-refractivity contribution in [1.82, 2.24) is 9.78 Å². The molecule has 2 N–H and O–H groups in total. The van der Waals surface area contributed by atoms with E-state index in [-0.39, 0.29) is 11.8 Å². The fourth-order valence-corrected chi connectivity index (χ4v) is 2.61. The van der Waals surface area contributed by atoms with E-state index >= 15 is 0 Å². The fraction of sp³-hybridized carbons (Fsp3) is 0.190. The molecule has 138 valence electrons. The number of hydrogen-bond acceptors (Lipinski definition) is 3. The third-order valence-electron chi connectivity index (χ3n) is 3.92. The third-order valence-corrected chi connectivity index (χ3v) is 3.92. The van der Waals surface area contributed by atoms with E-state index in [1.807, 2.05) is 38.2 Å². The van der Waals surface area contributed by atoms with Crippen LogP contribution in [0.2, 0.25) is 0 Å². The SMILES string of the molecule is CC(C)CC(=O)Nc1ccc(NC(=O)c2ccc(-n3cccn3)cc2)cc1. The lowest BCUT2D eigenvalue weighted by Crippen LogP contribution is -2.14. The third kappa shape index (κ3) is 5.04. The van der Waals surface area contributed by atoms with E-state index in [4.69, 9.17) is 0 Å². The van der Waals surface area contributed by atoms with E-state index in [9.17, 15) is 9.59 Å². The highest BCUT2D eigenvalue weighted by Crippen LogP contribution is 2.16. The van der Waals surface area contributed by atoms with Crippen LogP contribution in [0, 0.1) is 5.92 Å². The second-order valence-electron chi connectivity index (χ2n) is 6.68. The molecule has 0 aliphatic carbocycles. The second-order valence-corrected chi connectivity index (χ2v) is 6.68. The molecule has 0 saturated heterocycles. The van der Waals surface area contributed by atoms with Crippen molar-refractivity contribution in [3.63, 3.8) is 0 Å². The van der Waals surface area contributed by atoms with Gasteiger partial charge in [0, 0.05) is 35.8 Å². The van der Waals surface area contributed by atoms with Gasteiger partial charge in [0.25, 0.3) is 5.91 Å². The smallest absolute Gasteiger partial charge is 0.255 e. The quantitative estimate of drug-likeness (QED) is 0.693. The van der Waals surface area contributed by atoms with Crippen molar-refractivity contribution in [2.45, 2.75) is 20.3 Å². The number of amides is 2. The summed E-state index contributed by atoms with van der Waals surface area (Å²) in [5.41, 5.74) is 2.82. The average molecular weight is 362 g/mol. The molecule has 6 heteroatoms. The van der Waals surface area contributed by atoms with Gasteiger partial charge in [-0.3, -0.25) is 9.59 Å². The molecule has 6 nitrogen and oxygen atoms in total. The summed E-state index contributed by atoms with van der Waals surface area (Å²) in [5.74, 6) is 0.0981. The van der Waals surface area contributed by atoms with E-state index in [1.54, 1.807) is 47.3 Å². The molecule has 2 amide bonds. The molecule has 0 aliphatic heterocycles. The van der Waals surface area contributed by atoms with Crippen molar-refractivity contribution in [2.24, 2.45) is 5.92 Å². The van der Waals surface area contributed by atoms with Crippen molar-refractivity contribution in [3.05, 3.63) is 72.6 Å². The summed E-state index contributed by atoms with van der Waals surface area (Å²) in [7, 11) is 0. The Morgan fingerprint density at radius 3 is 2.15 bits per heavy atom. The van der Waals surface area contributed by atoms with Gasteiger partial charge >= 0.3 is 0 Å². The summed E-state index contributed by atoms with van der Waals surface area (Å²) in [6.45, 7) is 4.00. The Labute approximate surface area is 158 Å². The molecule has 0 atom stereocenters. The lowest BCUT2D eigenvalue weighted by molar-refractivity contribution is -0.116. The number of aromatic nitrogens is 2. The molecule has 0 saturated carbocycles. The lowest BCUT2D eigenvalue weighted by atomic mass is 10.1. The fourth-order valence-electron chi connectivity index (χ4n) is 2.61. The van der Waals surface area contributed by atoms with Gasteiger partial charge in [-0.1, -0.05) is 13.8 Å². The highest BCUT2D eigenvalue weighted by molar-refractivity contribution is 6.04. The molecule has 1 aromatic heterocycles. The van der Waals surface area contributed by atoms with Crippen LogP contribution in [0.15, 0.2) is 67.0 Å². The van der Waals surface area contributed by atoms with Gasteiger partial charge in [-0.2, -0.15) is 5.10 Å². The van der Waals surface area contributed by atoms with Crippen molar-refractivity contribution < 1.29 is 9.59 Å². The van der Waals surface area contributed by atoms with Crippen LogP contribution in [0.4, 0.5) is 11.4 Å². The number of carbonyl (C=O) groups excluding carboxylic acids is 2. The zero-order chi connectivity index (χ0) is 19.2. The molecule has 0 spiro atoms. The standard InChI is InChI=1S/C21H22N4O2/c1-15(2)14-20(26)23-17-6-8-18(9-7-17)24-21(27)16-4-10-19(11-5-16)25-13-3-12-22-25/h3-13,15H,14H2,1-2H3,(H,23,26)(H,24,27). The highest BCUT2D eigenvalue weighted by atomic mass is 16.2. The maximum absolute atomic E-state index is 12.4. The maximum atomic E-state index is 12.4. The molecule has 3 aromatic rings. The van der Waals surface area contributed by atoms with Crippen LogP contribution in [0.25, 0.3) is 5.69 Å². The second kappa shape index (κ2) is 8.31. The minimum Gasteiger partial charge on any atom is -0.326 e. The first-order valence-electron chi connectivity index (χ1n) is 8.82. The highest BCUT2D eigenvalue weighted by Gasteiger charge is 2.08. The minimum atomic E-state index is -0.196. The van der Waals surface area contributed by atoms with E-state index in [1.165, 1.54) is 0 Å². The first-order chi connectivity index (χ1) is 13.0. The number of nitrogens with one attached hydrogen (secondary N) is 2. The molecule has 0 unspecified atom stereocenters. The zero-order valence-electron chi connectivity index (χ0n) is 15.3. The number of hydrogen-bond donors (Lipinski definition) is 2. The van der Waals surface area contributed by atoms with E-state index in [2.05, 4.69) is 15.7 Å². The van der Waals surface area contributed by atoms with Crippen LogP contribution < -0.4 is 10.6 Å². The van der Waals surface area contributed by atoms with E-state index in [0.717, 1.165) is 5.69 Å². The Morgan fingerprint density at radius 2 is 1.59 bits per heavy atom. The Balaban J connectivity index is 1.60. The average Bonchev–Trinajstić information content (AvgIpc) is 3.17. The summed E-state index contributed by atoms with van der Waals surface area (Å²) in [4.78, 5) is 24.2. The summed E-state index contributed by atoms with van der Waals surface area (Å²) in [6.07, 6.45) is 4.03. The zero-order valence-corrected chi connectivity index (χ0v) is 15.3. The Morgan fingerprint density at radius 1 is 0.963 bits per heavy atom. The monoisotopic (exact) mass is 362 g/mol. The number of carbonyl (C=O) groups is 2. The molecule has 2 aromatic carbocycles. The number of benzene rings is 2. The molecule has 0 fully saturated rings. The van der Waals surface area contributed by atoms with Gasteiger partial charge in [0.2, 0.25) is 5.91 Å². The van der Waals surface area contributed by atoms with Crippen LogP contribution in [-0.4, -0.2) is 21.6 Å². The summed E-state index contributed by atoms with van der Waals surface area (Å²) in [5, 5.41) is 9.86. The van der Waals surface area contributed by atoms with Crippen LogP contribution in [0.1, 0.15) is 30.6 Å². The van der Waals surface area contributed by atoms with Crippen molar-refractivity contribution in [2.75, 3.05) is 10.6 Å². The maximum Gasteiger partial charge on any atom is 0.255 e. The van der Waals surface area contributed by atoms with Gasteiger partial charge in [0.15, 0.2) is 0 Å². The van der Waals surface area contributed by atoms with Crippen molar-refractivity contribution >= 4 is 23.2 Å². The molecule has 0 aliphatic rings. The van der Waals surface area contributed by atoms with Crippen molar-refractivity contribution in [3.8, 4) is 5.69 Å². The van der Waals surface area contributed by atoms with Crippen LogP contribution in [0.5, 0.6) is 0 Å². The molecule has 3 rings (SSSR count). The van der Waals surface area contributed by atoms with Gasteiger partial charge in [0.05, 0.1) is 5.69 Å². The van der Waals surface area contributed by atoms with Gasteiger partial charge < -0.3 is 10.6 Å². The number of nitrogens with zero attached hydrogens (tertiary/aromatic N) is 2. The first-order valence-corrected chi connectivity index (χ1v) is 8.82.